The quantitative estimate of drug-likeness (QED) is 0.587. The number of aromatic nitrogens is 1. The Morgan fingerprint density at radius 2 is 1.79 bits per heavy atom. The summed E-state index contributed by atoms with van der Waals surface area (Å²) in [5.41, 5.74) is 6.48. The Morgan fingerprint density at radius 3 is 2.52 bits per heavy atom. The summed E-state index contributed by atoms with van der Waals surface area (Å²) < 4.78 is 2.01. The van der Waals surface area contributed by atoms with Crippen LogP contribution in [0.4, 0.5) is 0 Å². The molecule has 0 bridgehead atoms. The molecule has 0 aliphatic carbocycles. The van der Waals surface area contributed by atoms with E-state index in [9.17, 15) is 9.59 Å². The molecule has 3 aromatic rings. The molecule has 0 fully saturated rings. The number of fused-ring (bicyclic) bond motifs is 1. The molecule has 1 aromatic heterocycles. The number of hydrogen-bond donors (Lipinski definition) is 1. The number of benzene rings is 2. The molecule has 2 heterocycles. The molecule has 33 heavy (non-hydrogen) atoms. The first-order valence-electron chi connectivity index (χ1n) is 11.3. The van der Waals surface area contributed by atoms with Crippen LogP contribution in [0, 0.1) is 25.2 Å². The van der Waals surface area contributed by atoms with Crippen LogP contribution < -0.4 is 5.32 Å². The van der Waals surface area contributed by atoms with Gasteiger partial charge in [0.1, 0.15) is 0 Å². The van der Waals surface area contributed by atoms with Crippen molar-refractivity contribution in [2.45, 2.75) is 39.7 Å². The lowest BCUT2D eigenvalue weighted by Gasteiger charge is -2.29. The molecular formula is C27H28N4O2. The van der Waals surface area contributed by atoms with Crippen molar-refractivity contribution >= 4 is 11.8 Å². The van der Waals surface area contributed by atoms with E-state index in [0.717, 1.165) is 30.0 Å². The Hall–Kier alpha value is -3.85. The summed E-state index contributed by atoms with van der Waals surface area (Å²) in [5.74, 6) is 0.0000831. The number of carbonyl (C=O) groups is 2. The molecule has 168 valence electrons. The van der Waals surface area contributed by atoms with Crippen LogP contribution in [0.5, 0.6) is 0 Å². The van der Waals surface area contributed by atoms with Crippen molar-refractivity contribution in [3.05, 3.63) is 88.2 Å². The molecule has 6 heteroatoms. The maximum Gasteiger partial charge on any atom is 0.253 e. The molecule has 0 saturated carbocycles. The van der Waals surface area contributed by atoms with E-state index in [0.29, 0.717) is 37.1 Å². The molecule has 0 unspecified atom stereocenters. The SMILES string of the molecule is Cc1cc(C(=O)NCCCC(=O)N2CCc3ccccc3C2)c(C)n1-c1ccc(C#N)cc1. The van der Waals surface area contributed by atoms with Crippen LogP contribution in [0.1, 0.15) is 51.3 Å². The summed E-state index contributed by atoms with van der Waals surface area (Å²) in [6, 6.07) is 19.6. The summed E-state index contributed by atoms with van der Waals surface area (Å²) in [6.07, 6.45) is 1.93. The highest BCUT2D eigenvalue weighted by molar-refractivity contribution is 5.96. The second-order valence-corrected chi connectivity index (χ2v) is 8.47. The highest BCUT2D eigenvalue weighted by Gasteiger charge is 2.20. The third-order valence-electron chi connectivity index (χ3n) is 6.27. The Labute approximate surface area is 194 Å². The van der Waals surface area contributed by atoms with Gasteiger partial charge in [-0.1, -0.05) is 24.3 Å². The minimum Gasteiger partial charge on any atom is -0.352 e. The minimum atomic E-state index is -0.137. The zero-order chi connectivity index (χ0) is 23.4. The number of carbonyl (C=O) groups excluding carboxylic acids is 2. The van der Waals surface area contributed by atoms with Crippen molar-refractivity contribution in [2.24, 2.45) is 0 Å². The van der Waals surface area contributed by atoms with Crippen molar-refractivity contribution in [2.75, 3.05) is 13.1 Å². The zero-order valence-corrected chi connectivity index (χ0v) is 19.1. The fraction of sp³-hybridized carbons (Fsp3) is 0.296. The second kappa shape index (κ2) is 9.74. The van der Waals surface area contributed by atoms with E-state index < -0.39 is 0 Å². The number of nitriles is 1. The first kappa shape index (κ1) is 22.3. The van der Waals surface area contributed by atoms with E-state index in [2.05, 4.69) is 23.5 Å². The molecular weight excluding hydrogens is 412 g/mol. The van der Waals surface area contributed by atoms with Crippen molar-refractivity contribution in [1.29, 1.82) is 5.26 Å². The van der Waals surface area contributed by atoms with E-state index in [-0.39, 0.29) is 11.8 Å². The summed E-state index contributed by atoms with van der Waals surface area (Å²) in [4.78, 5) is 27.3. The van der Waals surface area contributed by atoms with Crippen molar-refractivity contribution in [3.8, 4) is 11.8 Å². The van der Waals surface area contributed by atoms with Crippen LogP contribution >= 0.6 is 0 Å². The van der Waals surface area contributed by atoms with Crippen LogP contribution in [0.2, 0.25) is 0 Å². The molecule has 1 N–H and O–H groups in total. The first-order chi connectivity index (χ1) is 16.0. The lowest BCUT2D eigenvalue weighted by atomic mass is 9.99. The van der Waals surface area contributed by atoms with Gasteiger partial charge >= 0.3 is 0 Å². The molecule has 2 aromatic carbocycles. The third kappa shape index (κ3) is 4.83. The summed E-state index contributed by atoms with van der Waals surface area (Å²) in [5, 5.41) is 12.0. The third-order valence-corrected chi connectivity index (χ3v) is 6.27. The maximum atomic E-state index is 12.8. The first-order valence-corrected chi connectivity index (χ1v) is 11.3. The lowest BCUT2D eigenvalue weighted by molar-refractivity contribution is -0.132. The van der Waals surface area contributed by atoms with Crippen molar-refractivity contribution < 1.29 is 9.59 Å². The average molecular weight is 441 g/mol. The van der Waals surface area contributed by atoms with Crippen LogP contribution in [-0.4, -0.2) is 34.4 Å². The topological polar surface area (TPSA) is 78.1 Å². The predicted octanol–water partition coefficient (Wildman–Crippen LogP) is 4.06. The normalized spacial score (nSPS) is 12.7. The van der Waals surface area contributed by atoms with E-state index in [1.807, 2.05) is 53.6 Å². The largest absolute Gasteiger partial charge is 0.352 e. The summed E-state index contributed by atoms with van der Waals surface area (Å²) in [6.45, 7) is 5.75. The smallest absolute Gasteiger partial charge is 0.253 e. The van der Waals surface area contributed by atoms with Gasteiger partial charge in [-0.05, 0) is 68.1 Å². The number of hydrogen-bond acceptors (Lipinski definition) is 3. The number of nitrogens with zero attached hydrogens (tertiary/aromatic N) is 3. The molecule has 0 spiro atoms. The van der Waals surface area contributed by atoms with Crippen LogP contribution in [0.25, 0.3) is 5.69 Å². The number of amides is 2. The lowest BCUT2D eigenvalue weighted by Crippen LogP contribution is -2.36. The Bertz CT molecular complexity index is 1220. The summed E-state index contributed by atoms with van der Waals surface area (Å²) >= 11 is 0. The molecule has 4 rings (SSSR count). The van der Waals surface area contributed by atoms with Gasteiger partial charge in [-0.2, -0.15) is 5.26 Å². The van der Waals surface area contributed by atoms with Crippen LogP contribution in [-0.2, 0) is 17.8 Å². The number of aryl methyl sites for hydroxylation is 1. The van der Waals surface area contributed by atoms with Gasteiger partial charge in [0.25, 0.3) is 5.91 Å². The van der Waals surface area contributed by atoms with Gasteiger partial charge in [0, 0.05) is 43.1 Å². The average Bonchev–Trinajstić information content (AvgIpc) is 3.15. The molecule has 0 saturated heterocycles. The minimum absolute atomic E-state index is 0.137. The standard InChI is InChI=1S/C27H28N4O2/c1-19-16-25(20(2)31(19)24-11-9-21(17-28)10-12-24)27(33)29-14-5-8-26(32)30-15-13-22-6-3-4-7-23(22)18-30/h3-4,6-7,9-12,16H,5,8,13-15,18H2,1-2H3,(H,29,33). The molecule has 0 atom stereocenters. The number of rotatable bonds is 6. The van der Waals surface area contributed by atoms with Crippen LogP contribution in [0.15, 0.2) is 54.6 Å². The monoisotopic (exact) mass is 440 g/mol. The zero-order valence-electron chi connectivity index (χ0n) is 19.1. The molecule has 1 aliphatic rings. The molecule has 6 nitrogen and oxygen atoms in total. The van der Waals surface area contributed by atoms with Gasteiger partial charge in [0.05, 0.1) is 17.2 Å². The molecule has 1 aliphatic heterocycles. The van der Waals surface area contributed by atoms with Gasteiger partial charge in [-0.25, -0.2) is 0 Å². The highest BCUT2D eigenvalue weighted by Crippen LogP contribution is 2.22. The van der Waals surface area contributed by atoms with E-state index in [1.54, 1.807) is 12.1 Å². The van der Waals surface area contributed by atoms with Gasteiger partial charge in [-0.15, -0.1) is 0 Å². The fourth-order valence-corrected chi connectivity index (χ4v) is 4.48. The maximum absolute atomic E-state index is 12.8. The van der Waals surface area contributed by atoms with Crippen molar-refractivity contribution in [3.63, 3.8) is 0 Å². The highest BCUT2D eigenvalue weighted by atomic mass is 16.2. The Morgan fingerprint density at radius 1 is 1.06 bits per heavy atom. The Kier molecular flexibility index (Phi) is 6.60. The molecule has 0 radical (unpaired) electrons. The fourth-order valence-electron chi connectivity index (χ4n) is 4.48. The molecule has 2 amide bonds. The number of nitrogens with one attached hydrogen (secondary N) is 1. The van der Waals surface area contributed by atoms with E-state index >= 15 is 0 Å². The van der Waals surface area contributed by atoms with Gasteiger partial charge in [-0.3, -0.25) is 9.59 Å². The van der Waals surface area contributed by atoms with Gasteiger partial charge < -0.3 is 14.8 Å². The van der Waals surface area contributed by atoms with E-state index in [1.165, 1.54) is 11.1 Å². The van der Waals surface area contributed by atoms with Gasteiger partial charge in [0.2, 0.25) is 5.91 Å². The Balaban J connectivity index is 1.30. The van der Waals surface area contributed by atoms with E-state index in [4.69, 9.17) is 5.26 Å². The van der Waals surface area contributed by atoms with Crippen LogP contribution in [0.3, 0.4) is 0 Å². The van der Waals surface area contributed by atoms with Crippen molar-refractivity contribution in [1.82, 2.24) is 14.8 Å². The predicted molar refractivity (Wildman–Crippen MR) is 127 cm³/mol. The second-order valence-electron chi connectivity index (χ2n) is 8.47. The van der Waals surface area contributed by atoms with Gasteiger partial charge in [0.15, 0.2) is 0 Å². The summed E-state index contributed by atoms with van der Waals surface area (Å²) in [7, 11) is 0.